The Balaban J connectivity index is 1.89. The van der Waals surface area contributed by atoms with Gasteiger partial charge in [-0.15, -0.1) is 11.8 Å². The van der Waals surface area contributed by atoms with Crippen molar-refractivity contribution in [2.75, 3.05) is 0 Å². The Morgan fingerprint density at radius 2 is 1.81 bits per heavy atom. The first-order valence-corrected chi connectivity index (χ1v) is 13.9. The summed E-state index contributed by atoms with van der Waals surface area (Å²) in [5, 5.41) is 12.8. The number of nitrogens with one attached hydrogen (secondary N) is 1. The Labute approximate surface area is 230 Å². The molecule has 2 amide bonds. The molecule has 0 bridgehead atoms. The fraction of sp³-hybridized carbons (Fsp3) is 0.310. The first-order valence-electron chi connectivity index (χ1n) is 12.0. The number of carbonyl (C=O) groups is 2. The Bertz CT molecular complexity index is 1230. The molecule has 188 valence electrons. The fourth-order valence-electron chi connectivity index (χ4n) is 4.63. The first-order chi connectivity index (χ1) is 17.2. The van der Waals surface area contributed by atoms with Gasteiger partial charge in [0.1, 0.15) is 4.75 Å². The van der Waals surface area contributed by atoms with Crippen molar-refractivity contribution in [3.8, 4) is 0 Å². The highest BCUT2D eigenvalue weighted by Crippen LogP contribution is 2.54. The number of aryl methyl sites for hydroxylation is 1. The van der Waals surface area contributed by atoms with Gasteiger partial charge in [0.25, 0.3) is 0 Å². The maximum Gasteiger partial charge on any atom is 0.239 e. The maximum atomic E-state index is 14.1. The van der Waals surface area contributed by atoms with E-state index in [4.69, 9.17) is 0 Å². The van der Waals surface area contributed by atoms with Crippen LogP contribution in [0.15, 0.2) is 77.7 Å². The van der Waals surface area contributed by atoms with Crippen LogP contribution in [0.5, 0.6) is 0 Å². The number of nitrogens with zero attached hydrogens (tertiary/aromatic N) is 1. The van der Waals surface area contributed by atoms with Crippen molar-refractivity contribution >= 4 is 46.2 Å². The van der Waals surface area contributed by atoms with Gasteiger partial charge in [0.05, 0.1) is 19.1 Å². The lowest BCUT2D eigenvalue weighted by Crippen LogP contribution is -2.50. The number of carbonyl (C=O) groups excluding carboxylic acids is 2. The van der Waals surface area contributed by atoms with Gasteiger partial charge in [0, 0.05) is 21.1 Å². The summed E-state index contributed by atoms with van der Waals surface area (Å²) in [5.41, 5.74) is 3.86. The number of hydrogen-bond donors (Lipinski definition) is 2. The minimum atomic E-state index is -1.06. The summed E-state index contributed by atoms with van der Waals surface area (Å²) >= 11 is 3.73. The van der Waals surface area contributed by atoms with Crippen LogP contribution >= 0.6 is 34.4 Å². The van der Waals surface area contributed by atoms with Crippen LogP contribution in [0.3, 0.4) is 0 Å². The third kappa shape index (κ3) is 5.63. The molecular formula is C29H31IN2O3S. The predicted octanol–water partition coefficient (Wildman–Crippen LogP) is 5.62. The molecule has 2 N–H and O–H groups in total. The van der Waals surface area contributed by atoms with Gasteiger partial charge in [0.2, 0.25) is 11.8 Å². The second kappa shape index (κ2) is 11.4. The summed E-state index contributed by atoms with van der Waals surface area (Å²) < 4.78 is -0.144. The van der Waals surface area contributed by atoms with E-state index in [-0.39, 0.29) is 30.9 Å². The molecule has 1 saturated heterocycles. The van der Waals surface area contributed by atoms with Crippen LogP contribution in [0.4, 0.5) is 0 Å². The molecule has 5 nitrogen and oxygen atoms in total. The van der Waals surface area contributed by atoms with Crippen molar-refractivity contribution in [2.45, 2.75) is 62.1 Å². The second-order valence-corrected chi connectivity index (χ2v) is 12.1. The number of aliphatic hydroxyl groups is 1. The Morgan fingerprint density at radius 3 is 2.42 bits per heavy atom. The third-order valence-corrected chi connectivity index (χ3v) is 8.71. The topological polar surface area (TPSA) is 69.6 Å². The quantitative estimate of drug-likeness (QED) is 0.324. The average molecular weight is 615 g/mol. The van der Waals surface area contributed by atoms with Crippen LogP contribution in [0.25, 0.3) is 0 Å². The normalized spacial score (nSPS) is 19.7. The average Bonchev–Trinajstić information content (AvgIpc) is 3.12. The summed E-state index contributed by atoms with van der Waals surface area (Å²) in [5.74, 6) is -0.191. The monoisotopic (exact) mass is 614 g/mol. The standard InChI is InChI=1S/C29H31IN2O3S/c1-19(2)31-28(35)29(36-23-12-9-20(3)10-13-23)16-26(34)32(17-21-7-5-4-6-8-21)27(29)24-14-11-22(18-33)15-25(24)30/h4-15,19,27,33H,16-18H2,1-3H3,(H,31,35)/t27-,29-/m1/s1. The highest BCUT2D eigenvalue weighted by molar-refractivity contribution is 14.1. The molecule has 0 spiro atoms. The van der Waals surface area contributed by atoms with E-state index >= 15 is 0 Å². The van der Waals surface area contributed by atoms with E-state index in [0.29, 0.717) is 6.54 Å². The summed E-state index contributed by atoms with van der Waals surface area (Å²) in [7, 11) is 0. The minimum Gasteiger partial charge on any atom is -0.392 e. The van der Waals surface area contributed by atoms with E-state index in [1.54, 1.807) is 0 Å². The molecule has 0 unspecified atom stereocenters. The molecule has 3 aromatic rings. The summed E-state index contributed by atoms with van der Waals surface area (Å²) in [6, 6.07) is 23.2. The number of amides is 2. The van der Waals surface area contributed by atoms with E-state index in [9.17, 15) is 14.7 Å². The van der Waals surface area contributed by atoms with Crippen LogP contribution in [-0.4, -0.2) is 32.6 Å². The van der Waals surface area contributed by atoms with Gasteiger partial charge < -0.3 is 15.3 Å². The summed E-state index contributed by atoms with van der Waals surface area (Å²) in [6.45, 7) is 6.26. The smallest absolute Gasteiger partial charge is 0.239 e. The van der Waals surface area contributed by atoms with Gasteiger partial charge >= 0.3 is 0 Å². The van der Waals surface area contributed by atoms with Crippen molar-refractivity contribution in [3.63, 3.8) is 0 Å². The predicted molar refractivity (Wildman–Crippen MR) is 152 cm³/mol. The van der Waals surface area contributed by atoms with Gasteiger partial charge in [0.15, 0.2) is 0 Å². The number of likely N-dealkylation sites (tertiary alicyclic amines) is 1. The minimum absolute atomic E-state index is 0.0515. The molecule has 4 rings (SSSR count). The molecule has 1 heterocycles. The van der Waals surface area contributed by atoms with Crippen molar-refractivity contribution in [3.05, 3.63) is 98.6 Å². The molecule has 0 aliphatic carbocycles. The van der Waals surface area contributed by atoms with Crippen LogP contribution in [0.2, 0.25) is 0 Å². The number of aliphatic hydroxyl groups excluding tert-OH is 1. The lowest BCUT2D eigenvalue weighted by molar-refractivity contribution is -0.129. The highest BCUT2D eigenvalue weighted by atomic mass is 127. The fourth-order valence-corrected chi connectivity index (χ4v) is 6.91. The molecule has 36 heavy (non-hydrogen) atoms. The molecule has 7 heteroatoms. The van der Waals surface area contributed by atoms with E-state index < -0.39 is 10.8 Å². The Hall–Kier alpha value is -2.36. The molecule has 0 radical (unpaired) electrons. The highest BCUT2D eigenvalue weighted by Gasteiger charge is 2.58. The van der Waals surface area contributed by atoms with E-state index in [2.05, 4.69) is 27.9 Å². The molecule has 0 saturated carbocycles. The number of hydrogen-bond acceptors (Lipinski definition) is 4. The van der Waals surface area contributed by atoms with E-state index in [1.807, 2.05) is 98.5 Å². The van der Waals surface area contributed by atoms with E-state index in [1.165, 1.54) is 11.8 Å². The maximum absolute atomic E-state index is 14.1. The molecule has 1 aliphatic rings. The zero-order chi connectivity index (χ0) is 25.9. The van der Waals surface area contributed by atoms with Crippen molar-refractivity contribution in [1.82, 2.24) is 10.2 Å². The molecular weight excluding hydrogens is 583 g/mol. The second-order valence-electron chi connectivity index (χ2n) is 9.53. The number of rotatable bonds is 8. The molecule has 1 fully saturated rings. The first kappa shape index (κ1) is 26.7. The lowest BCUT2D eigenvalue weighted by atomic mass is 9.90. The van der Waals surface area contributed by atoms with Crippen LogP contribution in [0.1, 0.15) is 48.6 Å². The number of thioether (sulfide) groups is 1. The SMILES string of the molecule is Cc1ccc(S[C@]2(C(=O)NC(C)C)CC(=O)N(Cc3ccccc3)[C@@H]2c2ccc(CO)cc2I)cc1. The van der Waals surface area contributed by atoms with Gasteiger partial charge in [-0.1, -0.05) is 60.2 Å². The molecule has 2 atom stereocenters. The van der Waals surface area contributed by atoms with Crippen molar-refractivity contribution in [1.29, 1.82) is 0 Å². The molecule has 3 aromatic carbocycles. The number of halogens is 1. The van der Waals surface area contributed by atoms with Crippen LogP contribution in [-0.2, 0) is 22.7 Å². The Kier molecular flexibility index (Phi) is 8.42. The van der Waals surface area contributed by atoms with Crippen molar-refractivity contribution < 1.29 is 14.7 Å². The summed E-state index contributed by atoms with van der Waals surface area (Å²) in [4.78, 5) is 30.6. The Morgan fingerprint density at radius 1 is 1.11 bits per heavy atom. The van der Waals surface area contributed by atoms with Gasteiger partial charge in [-0.25, -0.2) is 0 Å². The van der Waals surface area contributed by atoms with Crippen LogP contribution in [0, 0.1) is 10.5 Å². The van der Waals surface area contributed by atoms with E-state index in [0.717, 1.165) is 30.7 Å². The largest absolute Gasteiger partial charge is 0.392 e. The lowest BCUT2D eigenvalue weighted by Gasteiger charge is -2.37. The summed E-state index contributed by atoms with van der Waals surface area (Å²) in [6.07, 6.45) is 0.0967. The van der Waals surface area contributed by atoms with Gasteiger partial charge in [-0.2, -0.15) is 0 Å². The third-order valence-electron chi connectivity index (χ3n) is 6.35. The molecule has 1 aliphatic heterocycles. The van der Waals surface area contributed by atoms with Crippen molar-refractivity contribution in [2.24, 2.45) is 0 Å². The molecule has 0 aromatic heterocycles. The van der Waals surface area contributed by atoms with Crippen LogP contribution < -0.4 is 5.32 Å². The number of benzene rings is 3. The van der Waals surface area contributed by atoms with Gasteiger partial charge in [-0.05, 0) is 78.3 Å². The zero-order valence-corrected chi connectivity index (χ0v) is 23.7. The zero-order valence-electron chi connectivity index (χ0n) is 20.7. The van der Waals surface area contributed by atoms with Gasteiger partial charge in [-0.3, -0.25) is 9.59 Å².